The molecule has 2 heteroatoms. The monoisotopic (exact) mass is 240 g/mol. The van der Waals surface area contributed by atoms with Crippen molar-refractivity contribution in [2.75, 3.05) is 0 Å². The van der Waals surface area contributed by atoms with Crippen molar-refractivity contribution in [3.8, 4) is 0 Å². The third-order valence-corrected chi connectivity index (χ3v) is 2.89. The van der Waals surface area contributed by atoms with Crippen LogP contribution in [0.1, 0.15) is 78.1 Å². The molecule has 0 aromatic heterocycles. The Kier molecular flexibility index (Phi) is 11.1. The zero-order chi connectivity index (χ0) is 12.9. The number of carbonyl (C=O) groups excluding carboxylic acids is 1. The van der Waals surface area contributed by atoms with Gasteiger partial charge in [-0.2, -0.15) is 0 Å². The van der Waals surface area contributed by atoms with Crippen molar-refractivity contribution in [2.45, 2.75) is 78.1 Å². The lowest BCUT2D eigenvalue weighted by atomic mass is 10.1. The Balaban J connectivity index is 3.59. The number of carbonyl (C=O) groups is 1. The Morgan fingerprint density at radius 2 is 1.41 bits per heavy atom. The number of rotatable bonds is 11. The highest BCUT2D eigenvalue weighted by Crippen LogP contribution is 2.09. The van der Waals surface area contributed by atoms with Gasteiger partial charge in [-0.1, -0.05) is 52.4 Å². The van der Waals surface area contributed by atoms with Crippen LogP contribution in [-0.2, 0) is 4.79 Å². The first kappa shape index (κ1) is 16.2. The van der Waals surface area contributed by atoms with Crippen molar-refractivity contribution in [2.24, 2.45) is 0 Å². The molecule has 0 bridgehead atoms. The summed E-state index contributed by atoms with van der Waals surface area (Å²) in [5.41, 5.74) is 0. The Labute approximate surface area is 106 Å². The van der Waals surface area contributed by atoms with Gasteiger partial charge in [0.25, 0.3) is 0 Å². The fourth-order valence-electron chi connectivity index (χ4n) is 1.79. The highest BCUT2D eigenvalue weighted by Gasteiger charge is 2.01. The number of aliphatic hydroxyl groups excluding tert-OH is 1. The number of hydrogen-bond donors (Lipinski definition) is 1. The molecule has 0 amide bonds. The Hall–Kier alpha value is -0.790. The molecular weight excluding hydrogens is 212 g/mol. The third-order valence-electron chi connectivity index (χ3n) is 2.89. The van der Waals surface area contributed by atoms with Gasteiger partial charge in [-0.25, -0.2) is 0 Å². The predicted molar refractivity (Wildman–Crippen MR) is 73.2 cm³/mol. The molecule has 0 aliphatic heterocycles. The van der Waals surface area contributed by atoms with Crippen LogP contribution in [0.15, 0.2) is 11.8 Å². The van der Waals surface area contributed by atoms with Crippen LogP contribution in [0.3, 0.4) is 0 Å². The quantitative estimate of drug-likeness (QED) is 0.315. The van der Waals surface area contributed by atoms with E-state index in [1.807, 2.05) is 0 Å². The summed E-state index contributed by atoms with van der Waals surface area (Å²) in [7, 11) is 0. The molecule has 1 N–H and O–H groups in total. The first-order valence-electron chi connectivity index (χ1n) is 7.13. The van der Waals surface area contributed by atoms with Crippen molar-refractivity contribution >= 4 is 5.78 Å². The highest BCUT2D eigenvalue weighted by molar-refractivity contribution is 5.89. The average Bonchev–Trinajstić information content (AvgIpc) is 2.30. The zero-order valence-electron chi connectivity index (χ0n) is 11.5. The Bertz CT molecular complexity index is 219. The van der Waals surface area contributed by atoms with Crippen LogP contribution in [0.4, 0.5) is 0 Å². The molecule has 0 heterocycles. The smallest absolute Gasteiger partial charge is 0.159 e. The number of unbranched alkanes of at least 4 members (excludes halogenated alkanes) is 6. The summed E-state index contributed by atoms with van der Waals surface area (Å²) in [6.07, 6.45) is 11.6. The van der Waals surface area contributed by atoms with Crippen LogP contribution in [0.5, 0.6) is 0 Å². The van der Waals surface area contributed by atoms with Gasteiger partial charge in [0.05, 0.1) is 5.76 Å². The Morgan fingerprint density at radius 3 is 1.94 bits per heavy atom. The van der Waals surface area contributed by atoms with E-state index >= 15 is 0 Å². The summed E-state index contributed by atoms with van der Waals surface area (Å²) in [6, 6.07) is 0. The molecule has 0 fully saturated rings. The summed E-state index contributed by atoms with van der Waals surface area (Å²) in [5, 5.41) is 9.56. The van der Waals surface area contributed by atoms with Gasteiger partial charge in [-0.05, 0) is 12.8 Å². The largest absolute Gasteiger partial charge is 0.512 e. The van der Waals surface area contributed by atoms with Crippen LogP contribution < -0.4 is 0 Å². The van der Waals surface area contributed by atoms with Crippen LogP contribution >= 0.6 is 0 Å². The molecule has 0 aromatic carbocycles. The minimum Gasteiger partial charge on any atom is -0.512 e. The third kappa shape index (κ3) is 11.5. The second kappa shape index (κ2) is 11.7. The SMILES string of the molecule is CCCCCCC(=O)C=C(O)CCCCCC. The van der Waals surface area contributed by atoms with E-state index in [2.05, 4.69) is 13.8 Å². The van der Waals surface area contributed by atoms with Gasteiger partial charge in [-0.3, -0.25) is 4.79 Å². The van der Waals surface area contributed by atoms with Crippen molar-refractivity contribution in [3.63, 3.8) is 0 Å². The molecule has 100 valence electrons. The van der Waals surface area contributed by atoms with Gasteiger partial charge in [0.1, 0.15) is 0 Å². The van der Waals surface area contributed by atoms with E-state index in [-0.39, 0.29) is 11.5 Å². The van der Waals surface area contributed by atoms with Crippen LogP contribution in [0, 0.1) is 0 Å². The lowest BCUT2D eigenvalue weighted by Crippen LogP contribution is -1.95. The normalized spacial score (nSPS) is 11.8. The van der Waals surface area contributed by atoms with Crippen molar-refractivity contribution < 1.29 is 9.90 Å². The highest BCUT2D eigenvalue weighted by atomic mass is 16.3. The van der Waals surface area contributed by atoms with E-state index in [1.165, 1.54) is 31.8 Å². The zero-order valence-corrected chi connectivity index (χ0v) is 11.5. The second-order valence-electron chi connectivity index (χ2n) is 4.72. The standard InChI is InChI=1S/C15H28O2/c1-3-5-7-9-11-14(16)13-15(17)12-10-8-6-4-2/h13,16H,3-12H2,1-2H3. The predicted octanol–water partition coefficient (Wildman–Crippen LogP) is 4.94. The Morgan fingerprint density at radius 1 is 0.882 bits per heavy atom. The van der Waals surface area contributed by atoms with E-state index < -0.39 is 0 Å². The molecule has 2 nitrogen and oxygen atoms in total. The number of allylic oxidation sites excluding steroid dienone is 2. The van der Waals surface area contributed by atoms with Gasteiger partial charge in [0.15, 0.2) is 5.78 Å². The molecule has 0 radical (unpaired) electrons. The number of aliphatic hydroxyl groups is 1. The molecule has 0 saturated heterocycles. The fraction of sp³-hybridized carbons (Fsp3) is 0.800. The van der Waals surface area contributed by atoms with E-state index in [4.69, 9.17) is 0 Å². The van der Waals surface area contributed by atoms with Crippen molar-refractivity contribution in [1.82, 2.24) is 0 Å². The van der Waals surface area contributed by atoms with Crippen LogP contribution in [0.2, 0.25) is 0 Å². The first-order valence-corrected chi connectivity index (χ1v) is 7.13. The molecule has 0 rings (SSSR count). The number of hydrogen-bond acceptors (Lipinski definition) is 2. The van der Waals surface area contributed by atoms with E-state index in [0.29, 0.717) is 12.8 Å². The average molecular weight is 240 g/mol. The van der Waals surface area contributed by atoms with Gasteiger partial charge in [0, 0.05) is 18.9 Å². The molecule has 0 aromatic rings. The van der Waals surface area contributed by atoms with Crippen LogP contribution in [-0.4, -0.2) is 10.9 Å². The van der Waals surface area contributed by atoms with E-state index in [1.54, 1.807) is 0 Å². The molecule has 0 unspecified atom stereocenters. The molecule has 0 atom stereocenters. The van der Waals surface area contributed by atoms with Gasteiger partial charge < -0.3 is 5.11 Å². The van der Waals surface area contributed by atoms with Crippen molar-refractivity contribution in [3.05, 3.63) is 11.8 Å². The summed E-state index contributed by atoms with van der Waals surface area (Å²) in [4.78, 5) is 11.5. The van der Waals surface area contributed by atoms with Gasteiger partial charge in [0.2, 0.25) is 0 Å². The van der Waals surface area contributed by atoms with Gasteiger partial charge >= 0.3 is 0 Å². The molecule has 0 spiro atoms. The minimum atomic E-state index is 0.0779. The minimum absolute atomic E-state index is 0.0779. The van der Waals surface area contributed by atoms with E-state index in [0.717, 1.165) is 25.7 Å². The molecule has 0 aliphatic rings. The molecule has 17 heavy (non-hydrogen) atoms. The fourth-order valence-corrected chi connectivity index (χ4v) is 1.79. The maximum Gasteiger partial charge on any atom is 0.159 e. The van der Waals surface area contributed by atoms with Crippen LogP contribution in [0.25, 0.3) is 0 Å². The molecule has 0 aliphatic carbocycles. The van der Waals surface area contributed by atoms with Crippen molar-refractivity contribution in [1.29, 1.82) is 0 Å². The lowest BCUT2D eigenvalue weighted by Gasteiger charge is -2.00. The summed E-state index contributed by atoms with van der Waals surface area (Å²) < 4.78 is 0. The van der Waals surface area contributed by atoms with E-state index in [9.17, 15) is 9.90 Å². The maximum atomic E-state index is 11.5. The summed E-state index contributed by atoms with van der Waals surface area (Å²) in [5.74, 6) is 0.343. The molecular formula is C15H28O2. The second-order valence-corrected chi connectivity index (χ2v) is 4.72. The lowest BCUT2D eigenvalue weighted by molar-refractivity contribution is -0.114. The topological polar surface area (TPSA) is 37.3 Å². The van der Waals surface area contributed by atoms with Gasteiger partial charge in [-0.15, -0.1) is 0 Å². The first-order chi connectivity index (χ1) is 8.20. The summed E-state index contributed by atoms with van der Waals surface area (Å²) >= 11 is 0. The number of ketones is 1. The molecule has 0 saturated carbocycles. The summed E-state index contributed by atoms with van der Waals surface area (Å²) in [6.45, 7) is 4.32. The maximum absolute atomic E-state index is 11.5.